The Kier molecular flexibility index (Phi) is 5.08. The van der Waals surface area contributed by atoms with Gasteiger partial charge < -0.3 is 5.32 Å². The van der Waals surface area contributed by atoms with E-state index in [-0.39, 0.29) is 5.91 Å². The minimum Gasteiger partial charge on any atom is -0.321 e. The smallest absolute Gasteiger partial charge is 0.274 e. The van der Waals surface area contributed by atoms with Crippen LogP contribution in [0.2, 0.25) is 5.02 Å². The summed E-state index contributed by atoms with van der Waals surface area (Å²) >= 11 is 7.47. The summed E-state index contributed by atoms with van der Waals surface area (Å²) in [6.07, 6.45) is 3.45. The molecule has 3 aromatic rings. The molecule has 0 aliphatic heterocycles. The van der Waals surface area contributed by atoms with E-state index in [2.05, 4.69) is 10.3 Å². The van der Waals surface area contributed by atoms with Crippen LogP contribution < -0.4 is 5.32 Å². The molecule has 1 amide bonds. The highest BCUT2D eigenvalue weighted by molar-refractivity contribution is 7.98. The Labute approximate surface area is 154 Å². The van der Waals surface area contributed by atoms with Gasteiger partial charge in [0.15, 0.2) is 5.16 Å². The van der Waals surface area contributed by atoms with Crippen molar-refractivity contribution in [2.75, 3.05) is 11.6 Å². The van der Waals surface area contributed by atoms with E-state index < -0.39 is 0 Å². The van der Waals surface area contributed by atoms with E-state index in [1.165, 1.54) is 11.8 Å². The van der Waals surface area contributed by atoms with Gasteiger partial charge in [-0.05, 0) is 36.6 Å². The van der Waals surface area contributed by atoms with Crippen LogP contribution in [0.3, 0.4) is 0 Å². The van der Waals surface area contributed by atoms with E-state index >= 15 is 0 Å². The average Bonchev–Trinajstić information content (AvgIpc) is 3.07. The van der Waals surface area contributed by atoms with Gasteiger partial charge in [-0.15, -0.1) is 0 Å². The van der Waals surface area contributed by atoms with E-state index in [9.17, 15) is 4.79 Å². The molecule has 0 fully saturated rings. The molecule has 1 aromatic heterocycles. The third kappa shape index (κ3) is 3.53. The molecule has 0 spiro atoms. The zero-order chi connectivity index (χ0) is 17.8. The molecule has 124 valence electrons. The SMILES string of the molecule is CSc1ncc(C(=O)Nc2ccc(C#N)c(Cl)c2)n1-c1ccccc1. The van der Waals surface area contributed by atoms with Crippen molar-refractivity contribution in [1.29, 1.82) is 5.26 Å². The summed E-state index contributed by atoms with van der Waals surface area (Å²) < 4.78 is 1.80. The van der Waals surface area contributed by atoms with Crippen LogP contribution in [0.15, 0.2) is 59.9 Å². The maximum Gasteiger partial charge on any atom is 0.274 e. The number of hydrogen-bond donors (Lipinski definition) is 1. The largest absolute Gasteiger partial charge is 0.321 e. The van der Waals surface area contributed by atoms with E-state index in [0.717, 1.165) is 5.69 Å². The third-order valence-electron chi connectivity index (χ3n) is 3.51. The fraction of sp³-hybridized carbons (Fsp3) is 0.0556. The fourth-order valence-corrected chi connectivity index (χ4v) is 3.11. The number of carbonyl (C=O) groups is 1. The summed E-state index contributed by atoms with van der Waals surface area (Å²) in [5, 5.41) is 12.7. The molecular weight excluding hydrogens is 356 g/mol. The van der Waals surface area contributed by atoms with Gasteiger partial charge in [0.05, 0.1) is 16.8 Å². The number of carbonyl (C=O) groups excluding carboxylic acids is 1. The van der Waals surface area contributed by atoms with Gasteiger partial charge in [-0.3, -0.25) is 9.36 Å². The second-order valence-corrected chi connectivity index (χ2v) is 6.24. The van der Waals surface area contributed by atoms with Crippen molar-refractivity contribution >= 4 is 35.0 Å². The van der Waals surface area contributed by atoms with E-state index in [1.54, 1.807) is 29.0 Å². The Morgan fingerprint density at radius 3 is 2.68 bits per heavy atom. The van der Waals surface area contributed by atoms with E-state index in [0.29, 0.717) is 27.1 Å². The van der Waals surface area contributed by atoms with Crippen LogP contribution in [0.4, 0.5) is 5.69 Å². The van der Waals surface area contributed by atoms with Crippen LogP contribution in [-0.4, -0.2) is 21.7 Å². The zero-order valence-corrected chi connectivity index (χ0v) is 14.8. The van der Waals surface area contributed by atoms with E-state index in [1.807, 2.05) is 42.7 Å². The molecule has 25 heavy (non-hydrogen) atoms. The summed E-state index contributed by atoms with van der Waals surface area (Å²) in [5.41, 5.74) is 2.14. The van der Waals surface area contributed by atoms with Crippen molar-refractivity contribution in [1.82, 2.24) is 9.55 Å². The quantitative estimate of drug-likeness (QED) is 0.694. The normalized spacial score (nSPS) is 10.3. The van der Waals surface area contributed by atoms with Gasteiger partial charge in [0.1, 0.15) is 11.8 Å². The van der Waals surface area contributed by atoms with Crippen molar-refractivity contribution in [3.8, 4) is 11.8 Å². The minimum atomic E-state index is -0.308. The Bertz CT molecular complexity index is 963. The predicted octanol–water partition coefficient (Wildman–Crippen LogP) is 4.37. The number of amides is 1. The molecule has 0 radical (unpaired) electrons. The number of thioether (sulfide) groups is 1. The summed E-state index contributed by atoms with van der Waals surface area (Å²) in [7, 11) is 0. The first-order chi connectivity index (χ1) is 12.1. The molecular formula is C18H13ClN4OS. The number of nitriles is 1. The number of halogens is 1. The summed E-state index contributed by atoms with van der Waals surface area (Å²) in [6, 6.07) is 16.3. The number of aromatic nitrogens is 2. The first-order valence-electron chi connectivity index (χ1n) is 7.32. The van der Waals surface area contributed by atoms with Crippen molar-refractivity contribution in [2.24, 2.45) is 0 Å². The molecule has 3 rings (SSSR count). The molecule has 0 saturated heterocycles. The molecule has 1 heterocycles. The Hall–Kier alpha value is -2.75. The standard InChI is InChI=1S/C18H13ClN4OS/c1-25-18-21-11-16(23(18)14-5-3-2-4-6-14)17(24)22-13-8-7-12(10-20)15(19)9-13/h2-9,11H,1H3,(H,22,24). The number of nitrogens with zero attached hydrogens (tertiary/aromatic N) is 3. The number of benzene rings is 2. The van der Waals surface area contributed by atoms with Gasteiger partial charge >= 0.3 is 0 Å². The van der Waals surface area contributed by atoms with Crippen LogP contribution in [0.5, 0.6) is 0 Å². The van der Waals surface area contributed by atoms with Crippen molar-refractivity contribution in [2.45, 2.75) is 5.16 Å². The molecule has 0 bridgehead atoms. The molecule has 2 aromatic carbocycles. The number of hydrogen-bond acceptors (Lipinski definition) is 4. The Morgan fingerprint density at radius 1 is 1.28 bits per heavy atom. The summed E-state index contributed by atoms with van der Waals surface area (Å²) in [6.45, 7) is 0. The number of rotatable bonds is 4. The first kappa shape index (κ1) is 17.1. The average molecular weight is 369 g/mol. The van der Waals surface area contributed by atoms with Crippen molar-refractivity contribution in [3.63, 3.8) is 0 Å². The number of imidazole rings is 1. The maximum absolute atomic E-state index is 12.7. The lowest BCUT2D eigenvalue weighted by Crippen LogP contribution is -2.16. The van der Waals surface area contributed by atoms with Crippen LogP contribution >= 0.6 is 23.4 Å². The topological polar surface area (TPSA) is 70.7 Å². The summed E-state index contributed by atoms with van der Waals surface area (Å²) in [5.74, 6) is -0.308. The van der Waals surface area contributed by atoms with Crippen LogP contribution in [0.25, 0.3) is 5.69 Å². The molecule has 7 heteroatoms. The molecule has 1 N–H and O–H groups in total. The van der Waals surface area contributed by atoms with E-state index in [4.69, 9.17) is 16.9 Å². The van der Waals surface area contributed by atoms with Gasteiger partial charge in [-0.2, -0.15) is 5.26 Å². The third-order valence-corrected chi connectivity index (χ3v) is 4.47. The van der Waals surface area contributed by atoms with Crippen LogP contribution in [0, 0.1) is 11.3 Å². The maximum atomic E-state index is 12.7. The van der Waals surface area contributed by atoms with Crippen LogP contribution in [-0.2, 0) is 0 Å². The molecule has 0 aliphatic rings. The number of anilines is 1. The lowest BCUT2D eigenvalue weighted by molar-refractivity contribution is 0.102. The van der Waals surface area contributed by atoms with Gasteiger partial charge in [-0.1, -0.05) is 41.6 Å². The monoisotopic (exact) mass is 368 g/mol. The Balaban J connectivity index is 1.95. The lowest BCUT2D eigenvalue weighted by Gasteiger charge is -2.11. The number of nitrogens with one attached hydrogen (secondary N) is 1. The fourth-order valence-electron chi connectivity index (χ4n) is 2.34. The zero-order valence-electron chi connectivity index (χ0n) is 13.2. The minimum absolute atomic E-state index is 0.293. The highest BCUT2D eigenvalue weighted by Crippen LogP contribution is 2.24. The van der Waals surface area contributed by atoms with Crippen molar-refractivity contribution < 1.29 is 4.79 Å². The molecule has 0 atom stereocenters. The van der Waals surface area contributed by atoms with Gasteiger partial charge in [-0.25, -0.2) is 4.98 Å². The second kappa shape index (κ2) is 7.43. The molecule has 5 nitrogen and oxygen atoms in total. The lowest BCUT2D eigenvalue weighted by atomic mass is 10.2. The van der Waals surface area contributed by atoms with Gasteiger partial charge in [0, 0.05) is 11.4 Å². The Morgan fingerprint density at radius 2 is 2.04 bits per heavy atom. The highest BCUT2D eigenvalue weighted by Gasteiger charge is 2.18. The van der Waals surface area contributed by atoms with Gasteiger partial charge in [0.25, 0.3) is 5.91 Å². The first-order valence-corrected chi connectivity index (χ1v) is 8.92. The highest BCUT2D eigenvalue weighted by atomic mass is 35.5. The predicted molar refractivity (Wildman–Crippen MR) is 99.5 cm³/mol. The second-order valence-electron chi connectivity index (χ2n) is 5.06. The van der Waals surface area contributed by atoms with Gasteiger partial charge in [0.2, 0.25) is 0 Å². The number of para-hydroxylation sites is 1. The molecule has 0 unspecified atom stereocenters. The van der Waals surface area contributed by atoms with Crippen LogP contribution in [0.1, 0.15) is 16.1 Å². The molecule has 0 aliphatic carbocycles. The van der Waals surface area contributed by atoms with Crippen molar-refractivity contribution in [3.05, 3.63) is 71.0 Å². The summed E-state index contributed by atoms with van der Waals surface area (Å²) in [4.78, 5) is 17.0. The molecule has 0 saturated carbocycles.